The minimum absolute atomic E-state index is 0.598. The van der Waals surface area contributed by atoms with Gasteiger partial charge in [-0.25, -0.2) is 0 Å². The van der Waals surface area contributed by atoms with Crippen LogP contribution in [-0.2, 0) is 12.6 Å². The monoisotopic (exact) mass is 281 g/mol. The number of nitrogens with one attached hydrogen (secondary N) is 1. The molecule has 20 heavy (non-hydrogen) atoms. The van der Waals surface area contributed by atoms with Gasteiger partial charge in [-0.2, -0.15) is 0 Å². The van der Waals surface area contributed by atoms with Crippen molar-refractivity contribution in [2.24, 2.45) is 0 Å². The molecule has 1 aliphatic heterocycles. The standard InChI is InChI=1S/C17H18N2S/c1-19(2)17(20)12-15(13-8-4-3-5-9-13)14-10-6-7-11-16(14)18-17/h3-12,18,20H,1-2H3/p-1. The maximum atomic E-state index is 5.77. The Labute approximate surface area is 125 Å². The Bertz CT molecular complexity index is 649. The van der Waals surface area contributed by atoms with Crippen LogP contribution in [0.3, 0.4) is 0 Å². The number of hydrogen-bond acceptors (Lipinski definition) is 3. The number of benzene rings is 2. The van der Waals surface area contributed by atoms with Gasteiger partial charge in [-0.15, -0.1) is 0 Å². The molecule has 0 radical (unpaired) electrons. The summed E-state index contributed by atoms with van der Waals surface area (Å²) in [6.07, 6.45) is 2.12. The highest BCUT2D eigenvalue weighted by Gasteiger charge is 2.24. The molecule has 0 saturated carbocycles. The molecule has 0 saturated heterocycles. The lowest BCUT2D eigenvalue weighted by atomic mass is 9.92. The molecule has 0 bridgehead atoms. The van der Waals surface area contributed by atoms with Crippen molar-refractivity contribution in [2.45, 2.75) is 4.99 Å². The van der Waals surface area contributed by atoms with E-state index in [0.717, 1.165) is 5.69 Å². The normalized spacial score (nSPS) is 21.1. The number of hydrogen-bond donors (Lipinski definition) is 1. The third kappa shape index (κ3) is 2.23. The fourth-order valence-electron chi connectivity index (χ4n) is 2.43. The molecular weight excluding hydrogens is 264 g/mol. The maximum Gasteiger partial charge on any atom is 0.0421 e. The molecule has 2 aromatic rings. The minimum Gasteiger partial charge on any atom is -0.745 e. The van der Waals surface area contributed by atoms with Crippen LogP contribution < -0.4 is 5.32 Å². The third-order valence-corrected chi connectivity index (χ3v) is 4.21. The summed E-state index contributed by atoms with van der Waals surface area (Å²) in [5.74, 6) is 0. The largest absolute Gasteiger partial charge is 0.745 e. The third-order valence-electron chi connectivity index (χ3n) is 3.62. The lowest BCUT2D eigenvalue weighted by molar-refractivity contribution is 0.340. The zero-order valence-corrected chi connectivity index (χ0v) is 12.4. The molecule has 1 heterocycles. The van der Waals surface area contributed by atoms with E-state index < -0.39 is 4.99 Å². The van der Waals surface area contributed by atoms with Gasteiger partial charge in [-0.1, -0.05) is 54.6 Å². The Balaban J connectivity index is 2.20. The van der Waals surface area contributed by atoms with Crippen LogP contribution in [0.4, 0.5) is 5.69 Å². The highest BCUT2D eigenvalue weighted by Crippen LogP contribution is 2.37. The number of rotatable bonds is 2. The predicted molar refractivity (Wildman–Crippen MR) is 87.4 cm³/mol. The molecule has 3 rings (SSSR count). The number of anilines is 1. The van der Waals surface area contributed by atoms with Gasteiger partial charge in [0.15, 0.2) is 0 Å². The van der Waals surface area contributed by atoms with Crippen molar-refractivity contribution < 1.29 is 0 Å². The van der Waals surface area contributed by atoms with Gasteiger partial charge < -0.3 is 22.8 Å². The van der Waals surface area contributed by atoms with E-state index in [9.17, 15) is 0 Å². The fourth-order valence-corrected chi connectivity index (χ4v) is 2.65. The molecule has 0 amide bonds. The molecule has 0 aliphatic carbocycles. The molecule has 0 aromatic heterocycles. The molecule has 1 N–H and O–H groups in total. The van der Waals surface area contributed by atoms with Gasteiger partial charge >= 0.3 is 0 Å². The van der Waals surface area contributed by atoms with Crippen molar-refractivity contribution in [1.29, 1.82) is 0 Å². The molecule has 1 unspecified atom stereocenters. The van der Waals surface area contributed by atoms with Crippen LogP contribution in [0.5, 0.6) is 0 Å². The highest BCUT2D eigenvalue weighted by atomic mass is 32.1. The van der Waals surface area contributed by atoms with Gasteiger partial charge in [0.1, 0.15) is 0 Å². The van der Waals surface area contributed by atoms with E-state index in [1.165, 1.54) is 16.7 Å². The summed E-state index contributed by atoms with van der Waals surface area (Å²) in [5.41, 5.74) is 4.65. The van der Waals surface area contributed by atoms with Gasteiger partial charge in [0.2, 0.25) is 0 Å². The lowest BCUT2D eigenvalue weighted by Crippen LogP contribution is -2.49. The number of para-hydroxylation sites is 1. The lowest BCUT2D eigenvalue weighted by Gasteiger charge is -2.49. The van der Waals surface area contributed by atoms with Crippen molar-refractivity contribution in [3.63, 3.8) is 0 Å². The predicted octanol–water partition coefficient (Wildman–Crippen LogP) is 3.31. The molecule has 3 heteroatoms. The quantitative estimate of drug-likeness (QED) is 0.850. The highest BCUT2D eigenvalue weighted by molar-refractivity contribution is 7.60. The summed E-state index contributed by atoms with van der Waals surface area (Å²) >= 11 is 5.77. The van der Waals surface area contributed by atoms with Crippen LogP contribution >= 0.6 is 0 Å². The van der Waals surface area contributed by atoms with Gasteiger partial charge in [0, 0.05) is 11.3 Å². The number of fused-ring (bicyclic) bond motifs is 1. The van der Waals surface area contributed by atoms with Crippen LogP contribution in [0.1, 0.15) is 11.1 Å². The summed E-state index contributed by atoms with van der Waals surface area (Å²) in [6, 6.07) is 18.7. The first-order chi connectivity index (χ1) is 9.60. The van der Waals surface area contributed by atoms with Crippen molar-refractivity contribution in [3.05, 3.63) is 71.8 Å². The van der Waals surface area contributed by atoms with Crippen LogP contribution in [0.25, 0.3) is 5.57 Å². The molecule has 1 aliphatic rings. The zero-order chi connectivity index (χ0) is 14.2. The average molecular weight is 281 g/mol. The van der Waals surface area contributed by atoms with E-state index in [-0.39, 0.29) is 0 Å². The van der Waals surface area contributed by atoms with Crippen LogP contribution in [-0.4, -0.2) is 24.0 Å². The van der Waals surface area contributed by atoms with E-state index in [2.05, 4.69) is 53.9 Å². The topological polar surface area (TPSA) is 15.3 Å². The first-order valence-corrected chi connectivity index (χ1v) is 7.05. The first kappa shape index (κ1) is 13.3. The summed E-state index contributed by atoms with van der Waals surface area (Å²) in [7, 11) is 3.99. The SMILES string of the molecule is CN(C)C1([S-])C=C(c2ccccc2)c2ccccc2N1. The summed E-state index contributed by atoms with van der Waals surface area (Å²) in [4.78, 5) is 1.42. The first-order valence-electron chi connectivity index (χ1n) is 6.64. The van der Waals surface area contributed by atoms with Crippen molar-refractivity contribution in [1.82, 2.24) is 4.90 Å². The van der Waals surface area contributed by atoms with Gasteiger partial charge in [0.05, 0.1) is 0 Å². The Hall–Kier alpha value is -1.71. The summed E-state index contributed by atoms with van der Waals surface area (Å²) < 4.78 is 0. The molecular formula is C17H17N2S-. The van der Waals surface area contributed by atoms with Crippen LogP contribution in [0.2, 0.25) is 0 Å². The Kier molecular flexibility index (Phi) is 3.32. The molecule has 0 spiro atoms. The van der Waals surface area contributed by atoms with Crippen molar-refractivity contribution in [2.75, 3.05) is 19.4 Å². The summed E-state index contributed by atoms with van der Waals surface area (Å²) in [5, 5.41) is 3.44. The molecule has 2 nitrogen and oxygen atoms in total. The molecule has 2 aromatic carbocycles. The maximum absolute atomic E-state index is 5.77. The number of nitrogens with zero attached hydrogens (tertiary/aromatic N) is 1. The second kappa shape index (κ2) is 5.00. The van der Waals surface area contributed by atoms with Crippen molar-refractivity contribution >= 4 is 23.9 Å². The van der Waals surface area contributed by atoms with E-state index in [1.54, 1.807) is 0 Å². The molecule has 1 atom stereocenters. The van der Waals surface area contributed by atoms with Crippen LogP contribution in [0, 0.1) is 0 Å². The van der Waals surface area contributed by atoms with E-state index >= 15 is 0 Å². The Morgan fingerprint density at radius 1 is 0.950 bits per heavy atom. The Morgan fingerprint density at radius 2 is 1.60 bits per heavy atom. The second-order valence-corrected chi connectivity index (χ2v) is 5.81. The van der Waals surface area contributed by atoms with Gasteiger partial charge in [-0.05, 0) is 36.3 Å². The van der Waals surface area contributed by atoms with E-state index in [0.29, 0.717) is 0 Å². The van der Waals surface area contributed by atoms with E-state index in [4.69, 9.17) is 12.6 Å². The van der Waals surface area contributed by atoms with Gasteiger partial charge in [-0.3, -0.25) is 0 Å². The summed E-state index contributed by atoms with van der Waals surface area (Å²) in [6.45, 7) is 0. The minimum atomic E-state index is -0.598. The fraction of sp³-hybridized carbons (Fsp3) is 0.176. The molecule has 102 valence electrons. The Morgan fingerprint density at radius 3 is 2.30 bits per heavy atom. The molecule has 0 fully saturated rings. The zero-order valence-electron chi connectivity index (χ0n) is 11.6. The average Bonchev–Trinajstić information content (AvgIpc) is 2.47. The second-order valence-electron chi connectivity index (χ2n) is 5.19. The van der Waals surface area contributed by atoms with Crippen molar-refractivity contribution in [3.8, 4) is 0 Å². The van der Waals surface area contributed by atoms with Gasteiger partial charge in [0.25, 0.3) is 0 Å². The van der Waals surface area contributed by atoms with Crippen LogP contribution in [0.15, 0.2) is 60.7 Å². The number of likely N-dealkylation sites (N-methyl/N-ethyl adjacent to an activating group) is 1. The smallest absolute Gasteiger partial charge is 0.0421 e. The van der Waals surface area contributed by atoms with E-state index in [1.807, 2.05) is 31.1 Å².